The van der Waals surface area contributed by atoms with Gasteiger partial charge in [-0.1, -0.05) is 30.4 Å². The number of benzene rings is 2. The number of nitro groups is 1. The normalized spacial score (nSPS) is 11.1. The SMILES string of the molecule is CCCOc1ccc(/C=N\Nc2nc3ccccc3s2)cc1[N+](=O)[O-]. The molecule has 0 unspecified atom stereocenters. The number of thiazole rings is 1. The second kappa shape index (κ2) is 7.71. The van der Waals surface area contributed by atoms with Gasteiger partial charge in [-0.15, -0.1) is 0 Å². The monoisotopic (exact) mass is 356 g/mol. The van der Waals surface area contributed by atoms with Gasteiger partial charge in [0.05, 0.1) is 28.0 Å². The van der Waals surface area contributed by atoms with Crippen LogP contribution in [0.2, 0.25) is 0 Å². The van der Waals surface area contributed by atoms with Crippen LogP contribution in [0.1, 0.15) is 18.9 Å². The highest BCUT2D eigenvalue weighted by atomic mass is 32.1. The molecule has 1 aromatic heterocycles. The van der Waals surface area contributed by atoms with E-state index in [2.05, 4.69) is 15.5 Å². The first-order chi connectivity index (χ1) is 12.2. The number of rotatable bonds is 7. The summed E-state index contributed by atoms with van der Waals surface area (Å²) in [5, 5.41) is 16.0. The lowest BCUT2D eigenvalue weighted by Crippen LogP contribution is -2.00. The number of para-hydroxylation sites is 1. The van der Waals surface area contributed by atoms with Crippen LogP contribution in [0.5, 0.6) is 5.75 Å². The third kappa shape index (κ3) is 4.10. The van der Waals surface area contributed by atoms with Crippen LogP contribution in [-0.4, -0.2) is 22.7 Å². The fourth-order valence-corrected chi connectivity index (χ4v) is 2.99. The molecule has 2 aromatic carbocycles. The summed E-state index contributed by atoms with van der Waals surface area (Å²) in [6.07, 6.45) is 2.30. The van der Waals surface area contributed by atoms with E-state index in [1.807, 2.05) is 31.2 Å². The number of fused-ring (bicyclic) bond motifs is 1. The van der Waals surface area contributed by atoms with Crippen molar-refractivity contribution in [3.63, 3.8) is 0 Å². The minimum atomic E-state index is -0.455. The Morgan fingerprint density at radius 3 is 2.96 bits per heavy atom. The lowest BCUT2D eigenvalue weighted by atomic mass is 10.2. The molecule has 0 bridgehead atoms. The highest BCUT2D eigenvalue weighted by Gasteiger charge is 2.15. The molecule has 1 heterocycles. The summed E-state index contributed by atoms with van der Waals surface area (Å²) >= 11 is 1.49. The third-order valence-corrected chi connectivity index (χ3v) is 4.25. The summed E-state index contributed by atoms with van der Waals surface area (Å²) in [6, 6.07) is 12.5. The van der Waals surface area contributed by atoms with Crippen molar-refractivity contribution in [3.05, 3.63) is 58.1 Å². The summed E-state index contributed by atoms with van der Waals surface area (Å²) in [6.45, 7) is 2.38. The molecule has 0 aliphatic heterocycles. The van der Waals surface area contributed by atoms with Crippen molar-refractivity contribution in [2.24, 2.45) is 5.10 Å². The van der Waals surface area contributed by atoms with Crippen LogP contribution in [0.3, 0.4) is 0 Å². The second-order valence-electron chi connectivity index (χ2n) is 5.19. The number of ether oxygens (including phenoxy) is 1. The summed E-state index contributed by atoms with van der Waals surface area (Å²) in [7, 11) is 0. The fraction of sp³-hybridized carbons (Fsp3) is 0.176. The van der Waals surface area contributed by atoms with Gasteiger partial charge in [0.2, 0.25) is 5.13 Å². The van der Waals surface area contributed by atoms with E-state index in [0.29, 0.717) is 17.3 Å². The van der Waals surface area contributed by atoms with Gasteiger partial charge >= 0.3 is 5.69 Å². The van der Waals surface area contributed by atoms with Crippen LogP contribution in [0.15, 0.2) is 47.6 Å². The van der Waals surface area contributed by atoms with Gasteiger partial charge in [0.15, 0.2) is 5.75 Å². The van der Waals surface area contributed by atoms with Crippen LogP contribution in [-0.2, 0) is 0 Å². The first-order valence-corrected chi connectivity index (χ1v) is 8.55. The Balaban J connectivity index is 1.74. The number of anilines is 1. The molecule has 0 fully saturated rings. The Labute approximate surface area is 148 Å². The van der Waals surface area contributed by atoms with Crippen molar-refractivity contribution < 1.29 is 9.66 Å². The van der Waals surface area contributed by atoms with Crippen LogP contribution < -0.4 is 10.2 Å². The summed E-state index contributed by atoms with van der Waals surface area (Å²) in [5.74, 6) is 0.267. The Morgan fingerprint density at radius 1 is 1.36 bits per heavy atom. The predicted molar refractivity (Wildman–Crippen MR) is 99.7 cm³/mol. The lowest BCUT2D eigenvalue weighted by molar-refractivity contribution is -0.385. The third-order valence-electron chi connectivity index (χ3n) is 3.31. The molecule has 0 saturated heterocycles. The molecule has 0 spiro atoms. The molecule has 0 aliphatic carbocycles. The summed E-state index contributed by atoms with van der Waals surface area (Å²) in [5.41, 5.74) is 4.29. The van der Waals surface area contributed by atoms with Gasteiger partial charge in [0, 0.05) is 11.6 Å². The maximum Gasteiger partial charge on any atom is 0.311 e. The van der Waals surface area contributed by atoms with E-state index in [1.165, 1.54) is 23.6 Å². The zero-order valence-electron chi connectivity index (χ0n) is 13.5. The number of nitrogens with one attached hydrogen (secondary N) is 1. The van der Waals surface area contributed by atoms with E-state index in [4.69, 9.17) is 4.74 Å². The van der Waals surface area contributed by atoms with Crippen molar-refractivity contribution in [1.82, 2.24) is 4.98 Å². The van der Waals surface area contributed by atoms with Gasteiger partial charge < -0.3 is 4.74 Å². The topological polar surface area (TPSA) is 89.7 Å². The van der Waals surface area contributed by atoms with Crippen molar-refractivity contribution in [2.75, 3.05) is 12.0 Å². The van der Waals surface area contributed by atoms with E-state index in [0.717, 1.165) is 16.6 Å². The molecule has 3 rings (SSSR count). The second-order valence-corrected chi connectivity index (χ2v) is 6.22. The Kier molecular flexibility index (Phi) is 5.20. The van der Waals surface area contributed by atoms with Crippen LogP contribution in [0.25, 0.3) is 10.2 Å². The number of hydrazone groups is 1. The molecule has 128 valence electrons. The van der Waals surface area contributed by atoms with Crippen molar-refractivity contribution in [3.8, 4) is 5.75 Å². The lowest BCUT2D eigenvalue weighted by Gasteiger charge is -2.05. The van der Waals surface area contributed by atoms with E-state index in [1.54, 1.807) is 12.1 Å². The minimum absolute atomic E-state index is 0.0719. The van der Waals surface area contributed by atoms with Gasteiger partial charge in [-0.3, -0.25) is 15.5 Å². The number of hydrogen-bond donors (Lipinski definition) is 1. The summed E-state index contributed by atoms with van der Waals surface area (Å²) < 4.78 is 6.46. The first kappa shape index (κ1) is 16.8. The zero-order chi connectivity index (χ0) is 17.6. The van der Waals surface area contributed by atoms with Crippen molar-refractivity contribution >= 4 is 38.6 Å². The summed E-state index contributed by atoms with van der Waals surface area (Å²) in [4.78, 5) is 15.1. The average molecular weight is 356 g/mol. The number of aromatic nitrogens is 1. The quantitative estimate of drug-likeness (QED) is 0.384. The van der Waals surface area contributed by atoms with Gasteiger partial charge in [0.1, 0.15) is 0 Å². The smallest absolute Gasteiger partial charge is 0.311 e. The average Bonchev–Trinajstić information content (AvgIpc) is 3.03. The number of hydrogen-bond acceptors (Lipinski definition) is 7. The first-order valence-electron chi connectivity index (χ1n) is 7.73. The number of nitro benzene ring substituents is 1. The maximum absolute atomic E-state index is 11.2. The Morgan fingerprint density at radius 2 is 2.20 bits per heavy atom. The minimum Gasteiger partial charge on any atom is -0.487 e. The molecule has 0 amide bonds. The van der Waals surface area contributed by atoms with Crippen LogP contribution in [0.4, 0.5) is 10.8 Å². The standard InChI is InChI=1S/C17H16N4O3S/c1-2-9-24-15-8-7-12(10-14(15)21(22)23)11-18-20-17-19-13-5-3-4-6-16(13)25-17/h3-8,10-11H,2,9H2,1H3,(H,19,20)/b18-11-. The molecule has 3 aromatic rings. The van der Waals surface area contributed by atoms with E-state index < -0.39 is 4.92 Å². The van der Waals surface area contributed by atoms with Gasteiger partial charge in [0.25, 0.3) is 0 Å². The largest absolute Gasteiger partial charge is 0.487 e. The molecule has 1 N–H and O–H groups in total. The van der Waals surface area contributed by atoms with Crippen molar-refractivity contribution in [2.45, 2.75) is 13.3 Å². The van der Waals surface area contributed by atoms with Crippen LogP contribution in [0, 0.1) is 10.1 Å². The zero-order valence-corrected chi connectivity index (χ0v) is 14.3. The molecular formula is C17H16N4O3S. The maximum atomic E-state index is 11.2. The molecule has 7 nitrogen and oxygen atoms in total. The molecule has 8 heteroatoms. The molecule has 0 atom stereocenters. The van der Waals surface area contributed by atoms with Gasteiger partial charge in [-0.2, -0.15) is 5.10 Å². The molecular weight excluding hydrogens is 340 g/mol. The Hall–Kier alpha value is -3.00. The fourth-order valence-electron chi connectivity index (χ4n) is 2.17. The van der Waals surface area contributed by atoms with Gasteiger partial charge in [-0.25, -0.2) is 4.98 Å². The number of nitrogens with zero attached hydrogens (tertiary/aromatic N) is 3. The molecule has 0 aliphatic rings. The van der Waals surface area contributed by atoms with Crippen LogP contribution >= 0.6 is 11.3 Å². The predicted octanol–water partition coefficient (Wildman–Crippen LogP) is 4.44. The van der Waals surface area contributed by atoms with Gasteiger partial charge in [-0.05, 0) is 30.7 Å². The van der Waals surface area contributed by atoms with E-state index >= 15 is 0 Å². The Bertz CT molecular complexity index is 890. The highest BCUT2D eigenvalue weighted by molar-refractivity contribution is 7.22. The molecule has 0 radical (unpaired) electrons. The molecule has 25 heavy (non-hydrogen) atoms. The van der Waals surface area contributed by atoms with Crippen molar-refractivity contribution in [1.29, 1.82) is 0 Å². The van der Waals surface area contributed by atoms with E-state index in [-0.39, 0.29) is 11.4 Å². The molecule has 0 saturated carbocycles. The van der Waals surface area contributed by atoms with E-state index in [9.17, 15) is 10.1 Å². The highest BCUT2D eigenvalue weighted by Crippen LogP contribution is 2.28.